The Balaban J connectivity index is 1.61. The lowest BCUT2D eigenvalue weighted by Crippen LogP contribution is -2.53. The van der Waals surface area contributed by atoms with E-state index in [0.29, 0.717) is 13.0 Å². The van der Waals surface area contributed by atoms with Crippen LogP contribution in [0.15, 0.2) is 42.5 Å². The summed E-state index contributed by atoms with van der Waals surface area (Å²) in [7, 11) is 0. The first kappa shape index (κ1) is 17.0. The number of fused-ring (bicyclic) bond motifs is 1. The van der Waals surface area contributed by atoms with Crippen LogP contribution in [0.1, 0.15) is 38.7 Å². The van der Waals surface area contributed by atoms with Gasteiger partial charge in [0.2, 0.25) is 5.91 Å². The monoisotopic (exact) mass is 324 g/mol. The van der Waals surface area contributed by atoms with Gasteiger partial charge in [0.05, 0.1) is 6.42 Å². The van der Waals surface area contributed by atoms with Crippen molar-refractivity contribution in [2.45, 2.75) is 45.1 Å². The maximum Gasteiger partial charge on any atom is 0.224 e. The largest absolute Gasteiger partial charge is 0.354 e. The van der Waals surface area contributed by atoms with E-state index in [2.05, 4.69) is 48.3 Å². The number of nitrogens with zero attached hydrogens (tertiary/aromatic N) is 1. The third-order valence-corrected chi connectivity index (χ3v) is 5.16. The van der Waals surface area contributed by atoms with Gasteiger partial charge in [0, 0.05) is 12.1 Å². The zero-order valence-corrected chi connectivity index (χ0v) is 14.8. The lowest BCUT2D eigenvalue weighted by molar-refractivity contribution is -0.121. The van der Waals surface area contributed by atoms with Crippen LogP contribution in [0, 0.1) is 0 Å². The minimum absolute atomic E-state index is 0.0227. The summed E-state index contributed by atoms with van der Waals surface area (Å²) in [6.07, 6.45) is 4.32. The molecule has 24 heavy (non-hydrogen) atoms. The molecule has 0 radical (unpaired) electrons. The minimum atomic E-state index is 0.0227. The van der Waals surface area contributed by atoms with Gasteiger partial charge in [0.1, 0.15) is 0 Å². The molecule has 128 valence electrons. The van der Waals surface area contributed by atoms with Crippen molar-refractivity contribution in [1.82, 2.24) is 10.2 Å². The summed E-state index contributed by atoms with van der Waals surface area (Å²) in [5.74, 6) is 0.108. The molecule has 1 saturated heterocycles. The Morgan fingerprint density at radius 1 is 1.04 bits per heavy atom. The fourth-order valence-electron chi connectivity index (χ4n) is 3.61. The smallest absolute Gasteiger partial charge is 0.224 e. The highest BCUT2D eigenvalue weighted by molar-refractivity contribution is 5.90. The van der Waals surface area contributed by atoms with Gasteiger partial charge in [-0.15, -0.1) is 0 Å². The van der Waals surface area contributed by atoms with E-state index >= 15 is 0 Å². The van der Waals surface area contributed by atoms with E-state index in [4.69, 9.17) is 0 Å². The van der Waals surface area contributed by atoms with Crippen molar-refractivity contribution in [2.24, 2.45) is 0 Å². The predicted octanol–water partition coefficient (Wildman–Crippen LogP) is 3.76. The van der Waals surface area contributed by atoms with Gasteiger partial charge in [0.25, 0.3) is 0 Å². The molecule has 3 nitrogen and oxygen atoms in total. The molecule has 3 heteroatoms. The number of carbonyl (C=O) groups is 1. The van der Waals surface area contributed by atoms with Crippen LogP contribution in [0.25, 0.3) is 10.8 Å². The van der Waals surface area contributed by atoms with Crippen molar-refractivity contribution in [1.29, 1.82) is 0 Å². The van der Waals surface area contributed by atoms with E-state index in [1.54, 1.807) is 0 Å². The zero-order valence-electron chi connectivity index (χ0n) is 14.8. The Morgan fingerprint density at radius 2 is 1.75 bits per heavy atom. The predicted molar refractivity (Wildman–Crippen MR) is 100 cm³/mol. The van der Waals surface area contributed by atoms with Crippen LogP contribution in [-0.2, 0) is 11.2 Å². The molecule has 0 aromatic heterocycles. The van der Waals surface area contributed by atoms with Crippen molar-refractivity contribution in [3.63, 3.8) is 0 Å². The molecule has 1 amide bonds. The standard InChI is InChI=1S/C21H28N2O/c1-21(2,23-13-6-3-7-14-23)16-22-20(24)15-18-11-8-10-17-9-4-5-12-19(17)18/h4-5,8-12H,3,6-7,13-16H2,1-2H3,(H,22,24). The average Bonchev–Trinajstić information content (AvgIpc) is 2.61. The minimum Gasteiger partial charge on any atom is -0.354 e. The highest BCUT2D eigenvalue weighted by Crippen LogP contribution is 2.21. The third kappa shape index (κ3) is 3.96. The van der Waals surface area contributed by atoms with Crippen molar-refractivity contribution < 1.29 is 4.79 Å². The molecule has 1 heterocycles. The molecule has 3 rings (SSSR count). The van der Waals surface area contributed by atoms with E-state index < -0.39 is 0 Å². The number of nitrogens with one attached hydrogen (secondary N) is 1. The first-order valence-electron chi connectivity index (χ1n) is 9.05. The second kappa shape index (κ2) is 7.35. The van der Waals surface area contributed by atoms with Gasteiger partial charge in [-0.1, -0.05) is 48.9 Å². The number of amides is 1. The van der Waals surface area contributed by atoms with Crippen LogP contribution in [0.2, 0.25) is 0 Å². The molecular formula is C21H28N2O. The Labute approximate surface area is 145 Å². The molecule has 1 aliphatic rings. The van der Waals surface area contributed by atoms with Crippen LogP contribution < -0.4 is 5.32 Å². The molecule has 0 bridgehead atoms. The lowest BCUT2D eigenvalue weighted by atomic mass is 9.98. The quantitative estimate of drug-likeness (QED) is 0.908. The summed E-state index contributed by atoms with van der Waals surface area (Å²) < 4.78 is 0. The van der Waals surface area contributed by atoms with Crippen molar-refractivity contribution in [3.8, 4) is 0 Å². The van der Waals surface area contributed by atoms with Crippen LogP contribution >= 0.6 is 0 Å². The normalized spacial score (nSPS) is 16.2. The SMILES string of the molecule is CC(C)(CNC(=O)Cc1cccc2ccccc12)N1CCCCC1. The summed E-state index contributed by atoms with van der Waals surface area (Å²) in [6.45, 7) is 7.46. The maximum absolute atomic E-state index is 12.5. The fraction of sp³-hybridized carbons (Fsp3) is 0.476. The van der Waals surface area contributed by atoms with Gasteiger partial charge < -0.3 is 5.32 Å². The lowest BCUT2D eigenvalue weighted by Gasteiger charge is -2.41. The van der Waals surface area contributed by atoms with Gasteiger partial charge in [0.15, 0.2) is 0 Å². The van der Waals surface area contributed by atoms with Crippen molar-refractivity contribution >= 4 is 16.7 Å². The first-order valence-corrected chi connectivity index (χ1v) is 9.05. The molecule has 1 fully saturated rings. The van der Waals surface area contributed by atoms with E-state index in [0.717, 1.165) is 18.7 Å². The Kier molecular flexibility index (Phi) is 5.20. The molecule has 0 atom stereocenters. The second-order valence-electron chi connectivity index (χ2n) is 7.45. The topological polar surface area (TPSA) is 32.3 Å². The maximum atomic E-state index is 12.5. The average molecular weight is 324 g/mol. The highest BCUT2D eigenvalue weighted by Gasteiger charge is 2.28. The summed E-state index contributed by atoms with van der Waals surface area (Å²) in [5.41, 5.74) is 1.12. The Hall–Kier alpha value is -1.87. The molecule has 0 saturated carbocycles. The number of likely N-dealkylation sites (tertiary alicyclic amines) is 1. The Bertz CT molecular complexity index is 697. The number of hydrogen-bond acceptors (Lipinski definition) is 2. The number of piperidine rings is 1. The van der Waals surface area contributed by atoms with Gasteiger partial charge in [-0.2, -0.15) is 0 Å². The van der Waals surface area contributed by atoms with E-state index in [1.165, 1.54) is 30.0 Å². The molecule has 0 unspecified atom stereocenters. The first-order chi connectivity index (χ1) is 11.6. The van der Waals surface area contributed by atoms with Gasteiger partial charge in [-0.3, -0.25) is 9.69 Å². The van der Waals surface area contributed by atoms with Crippen molar-refractivity contribution in [2.75, 3.05) is 19.6 Å². The van der Waals surface area contributed by atoms with Crippen molar-refractivity contribution in [3.05, 3.63) is 48.0 Å². The van der Waals surface area contributed by atoms with E-state index in [-0.39, 0.29) is 11.4 Å². The summed E-state index contributed by atoms with van der Waals surface area (Å²) in [5, 5.41) is 5.52. The van der Waals surface area contributed by atoms with Gasteiger partial charge in [-0.05, 0) is 56.1 Å². The number of carbonyl (C=O) groups excluding carboxylic acids is 1. The second-order valence-corrected chi connectivity index (χ2v) is 7.45. The molecule has 2 aromatic rings. The highest BCUT2D eigenvalue weighted by atomic mass is 16.1. The summed E-state index contributed by atoms with van der Waals surface area (Å²) in [6, 6.07) is 14.4. The van der Waals surface area contributed by atoms with Crippen LogP contribution in [0.3, 0.4) is 0 Å². The molecule has 1 N–H and O–H groups in total. The van der Waals surface area contributed by atoms with Gasteiger partial charge in [-0.25, -0.2) is 0 Å². The molecule has 0 aliphatic carbocycles. The van der Waals surface area contributed by atoms with Gasteiger partial charge >= 0.3 is 0 Å². The Morgan fingerprint density at radius 3 is 2.54 bits per heavy atom. The molecule has 1 aliphatic heterocycles. The molecule has 2 aromatic carbocycles. The summed E-state index contributed by atoms with van der Waals surface area (Å²) in [4.78, 5) is 15.0. The van der Waals surface area contributed by atoms with E-state index in [1.807, 2.05) is 18.2 Å². The van der Waals surface area contributed by atoms with E-state index in [9.17, 15) is 4.79 Å². The molecule has 0 spiro atoms. The number of benzene rings is 2. The number of hydrogen-bond donors (Lipinski definition) is 1. The van der Waals surface area contributed by atoms with Crippen LogP contribution in [0.4, 0.5) is 0 Å². The third-order valence-electron chi connectivity index (χ3n) is 5.16. The zero-order chi connectivity index (χ0) is 17.0. The fourth-order valence-corrected chi connectivity index (χ4v) is 3.61. The molecular weight excluding hydrogens is 296 g/mol. The van der Waals surface area contributed by atoms with Crippen LogP contribution in [0.5, 0.6) is 0 Å². The number of rotatable bonds is 5. The summed E-state index contributed by atoms with van der Waals surface area (Å²) >= 11 is 0. The van der Waals surface area contributed by atoms with Crippen LogP contribution in [-0.4, -0.2) is 36.0 Å².